The van der Waals surface area contributed by atoms with Gasteiger partial charge in [-0.25, -0.2) is 0 Å². The van der Waals surface area contributed by atoms with Crippen LogP contribution in [-0.2, 0) is 10.3 Å². The Morgan fingerprint density at radius 2 is 1.83 bits per heavy atom. The van der Waals surface area contributed by atoms with Crippen LogP contribution < -0.4 is 0 Å². The van der Waals surface area contributed by atoms with Crippen LogP contribution in [0, 0.1) is 11.8 Å². The zero-order valence-electron chi connectivity index (χ0n) is 14.3. The van der Waals surface area contributed by atoms with Crippen LogP contribution in [0.15, 0.2) is 24.3 Å². The maximum atomic E-state index is 11.6. The second kappa shape index (κ2) is 6.95. The van der Waals surface area contributed by atoms with Crippen molar-refractivity contribution in [1.82, 2.24) is 4.90 Å². The highest BCUT2D eigenvalue weighted by Gasteiger charge is 2.43. The molecule has 3 nitrogen and oxygen atoms in total. The lowest BCUT2D eigenvalue weighted by molar-refractivity contribution is -0.143. The summed E-state index contributed by atoms with van der Waals surface area (Å²) in [5.74, 6) is 0.910. The molecule has 2 atom stereocenters. The van der Waals surface area contributed by atoms with Gasteiger partial charge in [-0.1, -0.05) is 42.6 Å². The molecule has 4 heteroatoms. The lowest BCUT2D eigenvalue weighted by Gasteiger charge is -2.46. The average Bonchev–Trinajstić information content (AvgIpc) is 3.16. The van der Waals surface area contributed by atoms with Gasteiger partial charge in [-0.3, -0.25) is 0 Å². The standard InChI is InChI=1S/C20H28ClNO2/c21-18-8-4-3-7-17(18)20(23,16-5-1-2-6-16)14-24-19-13-22-11-9-15(19)10-12-22/h3-4,7-8,15-16,19,23H,1-2,5-6,9-14H2/t19-,20+/m0/s1. The van der Waals surface area contributed by atoms with Crippen molar-refractivity contribution in [1.29, 1.82) is 0 Å². The molecule has 4 fully saturated rings. The summed E-state index contributed by atoms with van der Waals surface area (Å²) in [6.07, 6.45) is 7.24. The minimum atomic E-state index is -0.957. The highest BCUT2D eigenvalue weighted by molar-refractivity contribution is 6.31. The first-order valence-electron chi connectivity index (χ1n) is 9.48. The smallest absolute Gasteiger partial charge is 0.117 e. The first kappa shape index (κ1) is 16.8. The molecule has 1 N–H and O–H groups in total. The molecule has 0 radical (unpaired) electrons. The van der Waals surface area contributed by atoms with Crippen LogP contribution in [0.4, 0.5) is 0 Å². The molecular weight excluding hydrogens is 322 g/mol. The van der Waals surface area contributed by atoms with Crippen LogP contribution in [0.25, 0.3) is 0 Å². The van der Waals surface area contributed by atoms with Gasteiger partial charge >= 0.3 is 0 Å². The highest BCUT2D eigenvalue weighted by atomic mass is 35.5. The predicted octanol–water partition coefficient (Wildman–Crippen LogP) is 3.83. The second-order valence-electron chi connectivity index (χ2n) is 7.87. The maximum Gasteiger partial charge on any atom is 0.117 e. The van der Waals surface area contributed by atoms with E-state index in [1.54, 1.807) is 0 Å². The molecule has 1 saturated carbocycles. The molecule has 1 aromatic rings. The number of rotatable bonds is 5. The third-order valence-electron chi connectivity index (χ3n) is 6.48. The van der Waals surface area contributed by atoms with Crippen LogP contribution in [-0.4, -0.2) is 42.4 Å². The van der Waals surface area contributed by atoms with Gasteiger partial charge in [0.2, 0.25) is 0 Å². The summed E-state index contributed by atoms with van der Waals surface area (Å²) >= 11 is 6.45. The van der Waals surface area contributed by atoms with Gasteiger partial charge in [0.25, 0.3) is 0 Å². The number of piperidine rings is 3. The molecule has 1 aromatic carbocycles. The number of benzene rings is 1. The maximum absolute atomic E-state index is 11.6. The fourth-order valence-electron chi connectivity index (χ4n) is 4.96. The number of halogens is 1. The molecule has 0 unspecified atom stereocenters. The molecule has 2 bridgehead atoms. The Labute approximate surface area is 149 Å². The zero-order chi connectivity index (χ0) is 16.6. The summed E-state index contributed by atoms with van der Waals surface area (Å²) < 4.78 is 6.35. The highest BCUT2D eigenvalue weighted by Crippen LogP contribution is 2.43. The first-order chi connectivity index (χ1) is 11.7. The number of aliphatic hydroxyl groups is 1. The minimum absolute atomic E-state index is 0.249. The normalized spacial score (nSPS) is 32.8. The second-order valence-corrected chi connectivity index (χ2v) is 8.28. The van der Waals surface area contributed by atoms with E-state index in [0.717, 1.165) is 24.9 Å². The third kappa shape index (κ3) is 3.12. The summed E-state index contributed by atoms with van der Waals surface area (Å²) in [6.45, 7) is 3.81. The van der Waals surface area contributed by atoms with E-state index in [-0.39, 0.29) is 12.0 Å². The van der Waals surface area contributed by atoms with E-state index in [4.69, 9.17) is 16.3 Å². The van der Waals surface area contributed by atoms with Crippen molar-refractivity contribution in [2.24, 2.45) is 11.8 Å². The van der Waals surface area contributed by atoms with Crippen molar-refractivity contribution in [3.8, 4) is 0 Å². The fourth-order valence-corrected chi connectivity index (χ4v) is 5.26. The Balaban J connectivity index is 1.53. The largest absolute Gasteiger partial charge is 0.382 e. The van der Waals surface area contributed by atoms with Crippen molar-refractivity contribution in [2.45, 2.75) is 50.2 Å². The minimum Gasteiger partial charge on any atom is -0.382 e. The van der Waals surface area contributed by atoms with E-state index in [2.05, 4.69) is 4.90 Å². The van der Waals surface area contributed by atoms with Gasteiger partial charge < -0.3 is 14.7 Å². The van der Waals surface area contributed by atoms with Gasteiger partial charge in [0, 0.05) is 17.1 Å². The molecule has 4 aliphatic rings. The summed E-state index contributed by atoms with van der Waals surface area (Å²) in [5, 5.41) is 12.3. The predicted molar refractivity (Wildman–Crippen MR) is 96.2 cm³/mol. The van der Waals surface area contributed by atoms with Crippen molar-refractivity contribution < 1.29 is 9.84 Å². The summed E-state index contributed by atoms with van der Waals surface area (Å²) in [6, 6.07) is 7.75. The Morgan fingerprint density at radius 3 is 2.46 bits per heavy atom. The van der Waals surface area contributed by atoms with Crippen LogP contribution in [0.1, 0.15) is 44.1 Å². The molecule has 0 spiro atoms. The Morgan fingerprint density at radius 1 is 1.12 bits per heavy atom. The third-order valence-corrected chi connectivity index (χ3v) is 6.81. The van der Waals surface area contributed by atoms with Crippen LogP contribution >= 0.6 is 11.6 Å². The van der Waals surface area contributed by atoms with E-state index >= 15 is 0 Å². The van der Waals surface area contributed by atoms with E-state index in [9.17, 15) is 5.11 Å². The van der Waals surface area contributed by atoms with Crippen LogP contribution in [0.3, 0.4) is 0 Å². The quantitative estimate of drug-likeness (QED) is 0.877. The van der Waals surface area contributed by atoms with Gasteiger partial charge in [-0.15, -0.1) is 0 Å². The van der Waals surface area contributed by atoms with E-state index in [0.29, 0.717) is 17.5 Å². The molecular formula is C20H28ClNO2. The molecule has 0 amide bonds. The van der Waals surface area contributed by atoms with Gasteiger partial charge in [0.1, 0.15) is 5.60 Å². The van der Waals surface area contributed by atoms with Crippen molar-refractivity contribution in [2.75, 3.05) is 26.2 Å². The molecule has 0 aromatic heterocycles. The van der Waals surface area contributed by atoms with Gasteiger partial charge in [0.05, 0.1) is 12.7 Å². The van der Waals surface area contributed by atoms with E-state index in [1.165, 1.54) is 38.8 Å². The molecule has 24 heavy (non-hydrogen) atoms. The van der Waals surface area contributed by atoms with Gasteiger partial charge in [-0.2, -0.15) is 0 Å². The Hall–Kier alpha value is -0.610. The topological polar surface area (TPSA) is 32.7 Å². The van der Waals surface area contributed by atoms with E-state index < -0.39 is 5.60 Å². The lowest BCUT2D eigenvalue weighted by Crippen LogP contribution is -2.53. The number of hydrogen-bond donors (Lipinski definition) is 1. The summed E-state index contributed by atoms with van der Waals surface area (Å²) in [7, 11) is 0. The van der Waals surface area contributed by atoms with Crippen molar-refractivity contribution in [3.05, 3.63) is 34.9 Å². The SMILES string of the molecule is O[C@@](CO[C@H]1CN2CCC1CC2)(c1ccccc1Cl)C1CCCC1. The molecule has 1 aliphatic carbocycles. The Kier molecular flexibility index (Phi) is 4.88. The van der Waals surface area contributed by atoms with Gasteiger partial charge in [-0.05, 0) is 56.7 Å². The molecule has 132 valence electrons. The van der Waals surface area contributed by atoms with Crippen LogP contribution in [0.2, 0.25) is 5.02 Å². The molecule has 5 rings (SSSR count). The number of ether oxygens (including phenoxy) is 1. The van der Waals surface area contributed by atoms with Crippen molar-refractivity contribution >= 4 is 11.6 Å². The summed E-state index contributed by atoms with van der Waals surface area (Å²) in [5.41, 5.74) is -0.110. The monoisotopic (exact) mass is 349 g/mol. The lowest BCUT2D eigenvalue weighted by atomic mass is 9.80. The zero-order valence-corrected chi connectivity index (χ0v) is 15.0. The number of nitrogens with zero attached hydrogens (tertiary/aromatic N) is 1. The molecule has 3 heterocycles. The number of hydrogen-bond acceptors (Lipinski definition) is 3. The fraction of sp³-hybridized carbons (Fsp3) is 0.700. The van der Waals surface area contributed by atoms with E-state index in [1.807, 2.05) is 24.3 Å². The van der Waals surface area contributed by atoms with Crippen LogP contribution in [0.5, 0.6) is 0 Å². The Bertz CT molecular complexity index is 567. The van der Waals surface area contributed by atoms with Crippen molar-refractivity contribution in [3.63, 3.8) is 0 Å². The number of fused-ring (bicyclic) bond motifs is 3. The van der Waals surface area contributed by atoms with Gasteiger partial charge in [0.15, 0.2) is 0 Å². The molecule has 3 saturated heterocycles. The summed E-state index contributed by atoms with van der Waals surface area (Å²) in [4.78, 5) is 2.49. The first-order valence-corrected chi connectivity index (χ1v) is 9.86. The average molecular weight is 350 g/mol. The molecule has 3 aliphatic heterocycles.